The maximum atomic E-state index is 13.4. The van der Waals surface area contributed by atoms with E-state index < -0.39 is 16.1 Å². The fourth-order valence-corrected chi connectivity index (χ4v) is 5.28. The van der Waals surface area contributed by atoms with Crippen LogP contribution in [0.4, 0.5) is 5.69 Å². The third-order valence-electron chi connectivity index (χ3n) is 6.01. The fraction of sp³-hybridized carbons (Fsp3) is 0.481. The third-order valence-corrected chi connectivity index (χ3v) is 7.43. The summed E-state index contributed by atoms with van der Waals surface area (Å²) < 4.78 is 26.4. The molecule has 0 aliphatic carbocycles. The number of carbonyl (C=O) groups excluding carboxylic acids is 2. The smallest absolute Gasteiger partial charge is 0.242 e. The molecule has 1 atom stereocenters. The van der Waals surface area contributed by atoms with Gasteiger partial charge in [-0.3, -0.25) is 13.9 Å². The molecule has 0 unspecified atom stereocenters. The van der Waals surface area contributed by atoms with Gasteiger partial charge in [0.05, 0.1) is 11.9 Å². The van der Waals surface area contributed by atoms with Gasteiger partial charge >= 0.3 is 0 Å². The molecule has 1 N–H and O–H groups in total. The van der Waals surface area contributed by atoms with E-state index in [2.05, 4.69) is 5.32 Å². The number of nitrogens with one attached hydrogen (secondary N) is 1. The number of sulfonamides is 1. The lowest BCUT2D eigenvalue weighted by Crippen LogP contribution is -2.50. The summed E-state index contributed by atoms with van der Waals surface area (Å²) in [4.78, 5) is 27.9. The zero-order chi connectivity index (χ0) is 26.7. The van der Waals surface area contributed by atoms with Crippen LogP contribution in [0, 0.1) is 6.92 Å². The van der Waals surface area contributed by atoms with Crippen LogP contribution in [-0.4, -0.2) is 57.1 Å². The largest absolute Gasteiger partial charge is 0.354 e. The van der Waals surface area contributed by atoms with Gasteiger partial charge in [0.2, 0.25) is 21.8 Å². The Kier molecular flexibility index (Phi) is 11.7. The molecule has 0 spiro atoms. The van der Waals surface area contributed by atoms with Gasteiger partial charge in [0, 0.05) is 31.1 Å². The third kappa shape index (κ3) is 8.82. The van der Waals surface area contributed by atoms with Crippen LogP contribution >= 0.6 is 11.6 Å². The highest BCUT2D eigenvalue weighted by Gasteiger charge is 2.28. The van der Waals surface area contributed by atoms with E-state index in [1.54, 1.807) is 23.1 Å². The number of amides is 2. The second-order valence-corrected chi connectivity index (χ2v) is 11.3. The van der Waals surface area contributed by atoms with Gasteiger partial charge in [-0.25, -0.2) is 8.42 Å². The Morgan fingerprint density at radius 3 is 2.36 bits per heavy atom. The summed E-state index contributed by atoms with van der Waals surface area (Å²) in [6, 6.07) is 14.4. The molecule has 2 amide bonds. The van der Waals surface area contributed by atoms with Gasteiger partial charge in [-0.2, -0.15) is 0 Å². The molecule has 0 bridgehead atoms. The van der Waals surface area contributed by atoms with E-state index in [-0.39, 0.29) is 24.8 Å². The molecule has 0 saturated heterocycles. The van der Waals surface area contributed by atoms with Gasteiger partial charge in [-0.1, -0.05) is 61.8 Å². The minimum absolute atomic E-state index is 0.123. The molecule has 2 aromatic carbocycles. The van der Waals surface area contributed by atoms with Crippen molar-refractivity contribution in [2.75, 3.05) is 30.2 Å². The number of carbonyl (C=O) groups is 2. The fourth-order valence-electron chi connectivity index (χ4n) is 4.10. The quantitative estimate of drug-likeness (QED) is 0.384. The van der Waals surface area contributed by atoms with Crippen LogP contribution < -0.4 is 9.62 Å². The number of rotatable bonds is 14. The highest BCUT2D eigenvalue weighted by atomic mass is 35.5. The molecule has 2 aromatic rings. The van der Waals surface area contributed by atoms with Gasteiger partial charge in [0.15, 0.2) is 0 Å². The highest BCUT2D eigenvalue weighted by molar-refractivity contribution is 7.92. The van der Waals surface area contributed by atoms with Crippen LogP contribution in [0.2, 0.25) is 5.02 Å². The summed E-state index contributed by atoms with van der Waals surface area (Å²) in [7, 11) is -3.58. The van der Waals surface area contributed by atoms with Crippen molar-refractivity contribution in [1.29, 1.82) is 0 Å². The maximum Gasteiger partial charge on any atom is 0.242 e. The van der Waals surface area contributed by atoms with Crippen molar-refractivity contribution in [2.24, 2.45) is 0 Å². The molecule has 0 radical (unpaired) electrons. The van der Waals surface area contributed by atoms with Crippen LogP contribution in [0.5, 0.6) is 0 Å². The zero-order valence-electron chi connectivity index (χ0n) is 21.7. The maximum absolute atomic E-state index is 13.4. The Balaban J connectivity index is 2.17. The van der Waals surface area contributed by atoms with Gasteiger partial charge in [0.25, 0.3) is 0 Å². The molecule has 7 nitrogen and oxygen atoms in total. The minimum Gasteiger partial charge on any atom is -0.354 e. The number of benzene rings is 2. The first-order chi connectivity index (χ1) is 17.1. The van der Waals surface area contributed by atoms with Crippen LogP contribution in [-0.2, 0) is 26.0 Å². The van der Waals surface area contributed by atoms with Crippen LogP contribution in [0.1, 0.15) is 50.7 Å². The second-order valence-electron chi connectivity index (χ2n) is 8.91. The Bertz CT molecular complexity index is 1110. The molecule has 2 rings (SSSR count). The average Bonchev–Trinajstić information content (AvgIpc) is 2.84. The van der Waals surface area contributed by atoms with E-state index in [1.165, 1.54) is 4.31 Å². The van der Waals surface area contributed by atoms with Crippen LogP contribution in [0.25, 0.3) is 0 Å². The van der Waals surface area contributed by atoms with E-state index in [1.807, 2.05) is 51.1 Å². The first kappa shape index (κ1) is 29.6. The number of anilines is 1. The predicted molar refractivity (Wildman–Crippen MR) is 147 cm³/mol. The topological polar surface area (TPSA) is 86.8 Å². The van der Waals surface area contributed by atoms with Crippen molar-refractivity contribution in [1.82, 2.24) is 10.2 Å². The molecule has 0 fully saturated rings. The number of hydrogen-bond acceptors (Lipinski definition) is 4. The van der Waals surface area contributed by atoms with E-state index in [0.717, 1.165) is 23.8 Å². The Labute approximate surface area is 220 Å². The molecule has 0 saturated carbocycles. The van der Waals surface area contributed by atoms with Crippen molar-refractivity contribution in [2.45, 2.75) is 58.9 Å². The molecular weight excluding hydrogens is 498 g/mol. The zero-order valence-corrected chi connectivity index (χ0v) is 23.2. The molecule has 198 valence electrons. The monoisotopic (exact) mass is 535 g/mol. The van der Waals surface area contributed by atoms with Crippen LogP contribution in [0.3, 0.4) is 0 Å². The molecule has 0 aliphatic heterocycles. The highest BCUT2D eigenvalue weighted by Crippen LogP contribution is 2.27. The van der Waals surface area contributed by atoms with E-state index >= 15 is 0 Å². The summed E-state index contributed by atoms with van der Waals surface area (Å²) >= 11 is 6.12. The second kappa shape index (κ2) is 14.2. The first-order valence-corrected chi connectivity index (χ1v) is 14.7. The summed E-state index contributed by atoms with van der Waals surface area (Å²) in [5, 5.41) is 3.35. The lowest BCUT2D eigenvalue weighted by Gasteiger charge is -2.31. The minimum atomic E-state index is -3.58. The van der Waals surface area contributed by atoms with Gasteiger partial charge in [0.1, 0.15) is 6.04 Å². The predicted octanol–water partition coefficient (Wildman–Crippen LogP) is 4.57. The van der Waals surface area contributed by atoms with E-state index in [9.17, 15) is 18.0 Å². The summed E-state index contributed by atoms with van der Waals surface area (Å²) in [6.45, 7) is 6.79. The molecule has 36 heavy (non-hydrogen) atoms. The Morgan fingerprint density at radius 2 is 1.75 bits per heavy atom. The normalized spacial score (nSPS) is 12.1. The standard InChI is InChI=1S/C27H38ClN3O4S/c1-5-17-29-27(33)24(6-2)30(19-16-22-11-8-7-9-12-22)26(32)13-10-18-31(36(4,34)35)25-20-23(28)15-14-21(25)3/h7-9,11-12,14-15,20,24H,5-6,10,13,16-19H2,1-4H3,(H,29,33)/t24-/m0/s1. The number of aryl methyl sites for hydroxylation is 1. The van der Waals surface area contributed by atoms with Crippen LogP contribution in [0.15, 0.2) is 48.5 Å². The first-order valence-electron chi connectivity index (χ1n) is 12.4. The average molecular weight is 536 g/mol. The summed E-state index contributed by atoms with van der Waals surface area (Å²) in [6.07, 6.45) is 3.51. The molecule has 0 aliphatic rings. The number of halogens is 1. The van der Waals surface area contributed by atoms with E-state index in [0.29, 0.717) is 43.1 Å². The lowest BCUT2D eigenvalue weighted by atomic mass is 10.1. The van der Waals surface area contributed by atoms with Gasteiger partial charge < -0.3 is 10.2 Å². The number of hydrogen-bond donors (Lipinski definition) is 1. The van der Waals surface area contributed by atoms with Crippen molar-refractivity contribution in [3.8, 4) is 0 Å². The van der Waals surface area contributed by atoms with Crippen molar-refractivity contribution >= 4 is 39.1 Å². The van der Waals surface area contributed by atoms with Crippen molar-refractivity contribution < 1.29 is 18.0 Å². The molecule has 0 heterocycles. The number of nitrogens with zero attached hydrogens (tertiary/aromatic N) is 2. The lowest BCUT2D eigenvalue weighted by molar-refractivity contribution is -0.140. The van der Waals surface area contributed by atoms with Gasteiger partial charge in [-0.05, 0) is 55.9 Å². The SMILES string of the molecule is CCCNC(=O)[C@H](CC)N(CCc1ccccc1)C(=O)CCCN(c1cc(Cl)ccc1C)S(C)(=O)=O. The Morgan fingerprint density at radius 1 is 1.06 bits per heavy atom. The van der Waals surface area contributed by atoms with Gasteiger partial charge in [-0.15, -0.1) is 0 Å². The summed E-state index contributed by atoms with van der Waals surface area (Å²) in [5.74, 6) is -0.325. The summed E-state index contributed by atoms with van der Waals surface area (Å²) in [5.41, 5.74) is 2.36. The van der Waals surface area contributed by atoms with Crippen molar-refractivity contribution in [3.05, 3.63) is 64.7 Å². The van der Waals surface area contributed by atoms with Crippen molar-refractivity contribution in [3.63, 3.8) is 0 Å². The molecule has 0 aromatic heterocycles. The Hall–Kier alpha value is -2.58. The van der Waals surface area contributed by atoms with E-state index in [4.69, 9.17) is 11.6 Å². The molecule has 9 heteroatoms. The molecular formula is C27H38ClN3O4S.